The molecule has 0 saturated carbocycles. The Kier molecular flexibility index (Phi) is 7.81. The van der Waals surface area contributed by atoms with E-state index >= 15 is 0 Å². The molecule has 0 atom stereocenters. The number of methoxy groups -OCH3 is 1. The average Bonchev–Trinajstić information content (AvgIpc) is 3.22. The Morgan fingerprint density at radius 2 is 1.93 bits per heavy atom. The van der Waals surface area contributed by atoms with Crippen LogP contribution in [-0.4, -0.2) is 34.9 Å². The first-order valence-corrected chi connectivity index (χ1v) is 11.2. The fourth-order valence-electron chi connectivity index (χ4n) is 2.57. The van der Waals surface area contributed by atoms with Crippen LogP contribution in [0.15, 0.2) is 48.5 Å². The van der Waals surface area contributed by atoms with E-state index in [1.807, 2.05) is 31.2 Å². The van der Waals surface area contributed by atoms with Gasteiger partial charge in [0, 0.05) is 18.0 Å². The number of benzene rings is 2. The summed E-state index contributed by atoms with van der Waals surface area (Å²) in [5.74, 6) is 1.20. The van der Waals surface area contributed by atoms with Crippen molar-refractivity contribution in [3.63, 3.8) is 0 Å². The summed E-state index contributed by atoms with van der Waals surface area (Å²) in [6.45, 7) is 2.53. The van der Waals surface area contributed by atoms with E-state index in [2.05, 4.69) is 20.8 Å². The fraction of sp³-hybridized carbons (Fsp3) is 0.238. The van der Waals surface area contributed by atoms with Gasteiger partial charge < -0.3 is 15.4 Å². The van der Waals surface area contributed by atoms with E-state index in [9.17, 15) is 9.59 Å². The Morgan fingerprint density at radius 1 is 1.13 bits per heavy atom. The second-order valence-electron chi connectivity index (χ2n) is 6.44. The van der Waals surface area contributed by atoms with Crippen LogP contribution in [0.2, 0.25) is 0 Å². The Morgan fingerprint density at radius 3 is 2.67 bits per heavy atom. The van der Waals surface area contributed by atoms with Gasteiger partial charge in [-0.3, -0.25) is 9.59 Å². The van der Waals surface area contributed by atoms with Gasteiger partial charge in [0.15, 0.2) is 0 Å². The largest absolute Gasteiger partial charge is 0.497 e. The predicted molar refractivity (Wildman–Crippen MR) is 120 cm³/mol. The Hall–Kier alpha value is -2.91. The molecular weight excluding hydrogens is 420 g/mol. The Labute approximate surface area is 183 Å². The number of thioether (sulfide) groups is 1. The van der Waals surface area contributed by atoms with E-state index in [0.717, 1.165) is 5.56 Å². The van der Waals surface area contributed by atoms with Gasteiger partial charge in [0.1, 0.15) is 10.8 Å². The molecule has 0 unspecified atom stereocenters. The van der Waals surface area contributed by atoms with Crippen molar-refractivity contribution in [3.05, 3.63) is 69.7 Å². The van der Waals surface area contributed by atoms with Crippen LogP contribution in [0.25, 0.3) is 0 Å². The van der Waals surface area contributed by atoms with E-state index < -0.39 is 0 Å². The molecule has 0 aliphatic heterocycles. The minimum absolute atomic E-state index is 0.0384. The molecule has 3 aromatic rings. The van der Waals surface area contributed by atoms with Gasteiger partial charge in [-0.15, -0.1) is 22.0 Å². The van der Waals surface area contributed by atoms with Gasteiger partial charge in [-0.25, -0.2) is 0 Å². The van der Waals surface area contributed by atoms with Crippen LogP contribution < -0.4 is 15.4 Å². The maximum absolute atomic E-state index is 12.3. The monoisotopic (exact) mass is 442 g/mol. The molecule has 0 aliphatic carbocycles. The lowest BCUT2D eigenvalue weighted by molar-refractivity contribution is -0.118. The van der Waals surface area contributed by atoms with E-state index in [0.29, 0.717) is 34.5 Å². The lowest BCUT2D eigenvalue weighted by Crippen LogP contribution is -2.24. The van der Waals surface area contributed by atoms with Gasteiger partial charge in [-0.1, -0.05) is 41.2 Å². The maximum atomic E-state index is 12.3. The molecule has 0 aliphatic rings. The zero-order valence-corrected chi connectivity index (χ0v) is 18.3. The third-order valence-corrected chi connectivity index (χ3v) is 6.09. The van der Waals surface area contributed by atoms with Crippen molar-refractivity contribution in [3.8, 4) is 5.75 Å². The predicted octanol–water partition coefficient (Wildman–Crippen LogP) is 3.66. The van der Waals surface area contributed by atoms with E-state index in [1.165, 1.54) is 28.7 Å². The van der Waals surface area contributed by atoms with Crippen LogP contribution in [0.4, 0.5) is 5.69 Å². The number of carbonyl (C=O) groups excluding carboxylic acids is 2. The molecule has 0 saturated heterocycles. The van der Waals surface area contributed by atoms with Crippen LogP contribution in [-0.2, 0) is 17.1 Å². The highest BCUT2D eigenvalue weighted by atomic mass is 32.2. The average molecular weight is 443 g/mol. The SMILES string of the molecule is COc1ccc(NC(=O)c2nnc(CSCC(=O)NCc3cccc(C)c3)s2)cc1. The van der Waals surface area contributed by atoms with Crippen LogP contribution in [0.5, 0.6) is 5.75 Å². The van der Waals surface area contributed by atoms with E-state index in [-0.39, 0.29) is 16.8 Å². The molecule has 9 heteroatoms. The molecule has 7 nitrogen and oxygen atoms in total. The van der Waals surface area contributed by atoms with Crippen LogP contribution >= 0.6 is 23.1 Å². The highest BCUT2D eigenvalue weighted by Gasteiger charge is 2.13. The molecular formula is C21H22N4O3S2. The summed E-state index contributed by atoms with van der Waals surface area (Å²) in [7, 11) is 1.59. The first-order valence-electron chi connectivity index (χ1n) is 9.21. The lowest BCUT2D eigenvalue weighted by atomic mass is 10.1. The van der Waals surface area contributed by atoms with Crippen molar-refractivity contribution in [2.24, 2.45) is 0 Å². The first-order chi connectivity index (χ1) is 14.5. The molecule has 0 spiro atoms. The lowest BCUT2D eigenvalue weighted by Gasteiger charge is -2.05. The third-order valence-electron chi connectivity index (χ3n) is 4.04. The smallest absolute Gasteiger partial charge is 0.286 e. The number of hydrogen-bond donors (Lipinski definition) is 2. The molecule has 2 N–H and O–H groups in total. The second kappa shape index (κ2) is 10.7. The van der Waals surface area contributed by atoms with Crippen molar-refractivity contribution >= 4 is 40.6 Å². The molecule has 0 radical (unpaired) electrons. The molecule has 0 bridgehead atoms. The van der Waals surface area contributed by atoms with Crippen molar-refractivity contribution in [1.29, 1.82) is 0 Å². The number of aryl methyl sites for hydroxylation is 1. The summed E-state index contributed by atoms with van der Waals surface area (Å²) >= 11 is 2.66. The number of carbonyl (C=O) groups is 2. The van der Waals surface area contributed by atoms with Crippen LogP contribution in [0.3, 0.4) is 0 Å². The van der Waals surface area contributed by atoms with Gasteiger partial charge in [0.25, 0.3) is 5.91 Å². The molecule has 3 rings (SSSR count). The summed E-state index contributed by atoms with van der Waals surface area (Å²) in [4.78, 5) is 24.3. The maximum Gasteiger partial charge on any atom is 0.286 e. The topological polar surface area (TPSA) is 93.2 Å². The molecule has 1 heterocycles. The first kappa shape index (κ1) is 21.8. The molecule has 2 amide bonds. The summed E-state index contributed by atoms with van der Waals surface area (Å²) in [5, 5.41) is 14.7. The standard InChI is InChI=1S/C21H22N4O3S2/c1-14-4-3-5-15(10-14)11-22-18(26)12-29-13-19-24-25-21(30-19)20(27)23-16-6-8-17(28-2)9-7-16/h3-10H,11-13H2,1-2H3,(H,22,26)(H,23,27). The number of amides is 2. The molecule has 156 valence electrons. The van der Waals surface area contributed by atoms with Gasteiger partial charge in [0.2, 0.25) is 10.9 Å². The van der Waals surface area contributed by atoms with Gasteiger partial charge in [-0.05, 0) is 36.8 Å². The normalized spacial score (nSPS) is 10.5. The molecule has 2 aromatic carbocycles. The highest BCUT2D eigenvalue weighted by molar-refractivity contribution is 7.99. The van der Waals surface area contributed by atoms with E-state index in [1.54, 1.807) is 31.4 Å². The number of hydrogen-bond acceptors (Lipinski definition) is 7. The van der Waals surface area contributed by atoms with E-state index in [4.69, 9.17) is 4.74 Å². The molecule has 30 heavy (non-hydrogen) atoms. The minimum Gasteiger partial charge on any atom is -0.497 e. The zero-order valence-electron chi connectivity index (χ0n) is 16.7. The number of ether oxygens (including phenoxy) is 1. The molecule has 0 fully saturated rings. The number of aromatic nitrogens is 2. The Bertz CT molecular complexity index is 1010. The second-order valence-corrected chi connectivity index (χ2v) is 8.49. The number of rotatable bonds is 9. The van der Waals surface area contributed by atoms with Crippen molar-refractivity contribution in [2.75, 3.05) is 18.2 Å². The van der Waals surface area contributed by atoms with Crippen molar-refractivity contribution in [2.45, 2.75) is 19.2 Å². The number of nitrogens with one attached hydrogen (secondary N) is 2. The number of anilines is 1. The summed E-state index contributed by atoms with van der Waals surface area (Å²) in [6, 6.07) is 15.1. The van der Waals surface area contributed by atoms with Gasteiger partial charge >= 0.3 is 0 Å². The van der Waals surface area contributed by atoms with Crippen LogP contribution in [0, 0.1) is 6.92 Å². The summed E-state index contributed by atoms with van der Waals surface area (Å²) in [5.41, 5.74) is 2.89. The Balaban J connectivity index is 1.41. The third kappa shape index (κ3) is 6.57. The highest BCUT2D eigenvalue weighted by Crippen LogP contribution is 2.19. The fourth-order valence-corrected chi connectivity index (χ4v) is 4.21. The minimum atomic E-state index is -0.315. The summed E-state index contributed by atoms with van der Waals surface area (Å²) < 4.78 is 5.10. The number of nitrogens with zero attached hydrogens (tertiary/aromatic N) is 2. The summed E-state index contributed by atoms with van der Waals surface area (Å²) in [6.07, 6.45) is 0. The van der Waals surface area contributed by atoms with Crippen molar-refractivity contribution in [1.82, 2.24) is 15.5 Å². The quantitative estimate of drug-likeness (QED) is 0.525. The van der Waals surface area contributed by atoms with Crippen LogP contribution in [0.1, 0.15) is 25.9 Å². The zero-order chi connectivity index (χ0) is 21.3. The molecule has 1 aromatic heterocycles. The van der Waals surface area contributed by atoms with Gasteiger partial charge in [0.05, 0.1) is 12.9 Å². The van der Waals surface area contributed by atoms with Gasteiger partial charge in [-0.2, -0.15) is 0 Å². The van der Waals surface area contributed by atoms with Crippen molar-refractivity contribution < 1.29 is 14.3 Å².